The van der Waals surface area contributed by atoms with Gasteiger partial charge < -0.3 is 28.6 Å². The summed E-state index contributed by atoms with van der Waals surface area (Å²) < 4.78 is 54.7. The third kappa shape index (κ3) is 6.96. The molecule has 2 N–H and O–H groups in total. The summed E-state index contributed by atoms with van der Waals surface area (Å²) in [6, 6.07) is 6.78. The smallest absolute Gasteiger partial charge is 0.350 e. The van der Waals surface area contributed by atoms with Gasteiger partial charge in [-0.2, -0.15) is 0 Å². The quantitative estimate of drug-likeness (QED) is 0.304. The van der Waals surface area contributed by atoms with E-state index in [1.165, 1.54) is 0 Å². The molecule has 0 unspecified atom stereocenters. The average Bonchev–Trinajstić information content (AvgIpc) is 2.64. The van der Waals surface area contributed by atoms with Crippen LogP contribution in [0.3, 0.4) is 0 Å². The number of rotatable bonds is 15. The molecule has 0 radical (unpaired) electrons. The topological polar surface area (TPSA) is 106 Å². The monoisotopic (exact) mass is 437 g/mol. The molecule has 0 aliphatic rings. The maximum Gasteiger partial charge on any atom is 0.350 e. The van der Waals surface area contributed by atoms with Gasteiger partial charge >= 0.3 is 15.2 Å². The lowest BCUT2D eigenvalue weighted by molar-refractivity contribution is 0.195. The second-order valence-corrected chi connectivity index (χ2v) is 10.3. The minimum Gasteiger partial charge on any atom is -0.494 e. The van der Waals surface area contributed by atoms with Crippen molar-refractivity contribution in [1.82, 2.24) is 0 Å². The largest absolute Gasteiger partial charge is 0.494 e. The van der Waals surface area contributed by atoms with E-state index >= 15 is 0 Å². The van der Waals surface area contributed by atoms with Gasteiger partial charge in [0.05, 0.1) is 33.0 Å². The van der Waals surface area contributed by atoms with Gasteiger partial charge in [-0.1, -0.05) is 12.1 Å². The molecule has 0 amide bonds. The van der Waals surface area contributed by atoms with E-state index < -0.39 is 20.6 Å². The predicted molar refractivity (Wildman–Crippen MR) is 110 cm³/mol. The standard InChI is InChI=1S/C18H33NO7P2/c1-5-23-27(20,24-6-2)18(28(21,25-7-3)26-8-4)16-10-12-17(13-11-16)22-15-9-14-19/h10-13,18H,5-9,14-15,19H2,1-4H3. The Morgan fingerprint density at radius 3 is 1.61 bits per heavy atom. The van der Waals surface area contributed by atoms with E-state index in [4.69, 9.17) is 28.6 Å². The van der Waals surface area contributed by atoms with Crippen LogP contribution < -0.4 is 10.5 Å². The number of hydrogen-bond acceptors (Lipinski definition) is 8. The molecule has 0 aliphatic heterocycles. The molecule has 1 aromatic rings. The van der Waals surface area contributed by atoms with Crippen molar-refractivity contribution in [1.29, 1.82) is 0 Å². The fourth-order valence-electron chi connectivity index (χ4n) is 2.62. The van der Waals surface area contributed by atoms with E-state index in [1.54, 1.807) is 52.0 Å². The minimum absolute atomic E-state index is 0.131. The number of hydrogen-bond donors (Lipinski definition) is 1. The molecule has 10 heteroatoms. The van der Waals surface area contributed by atoms with Crippen molar-refractivity contribution < 1.29 is 32.0 Å². The summed E-state index contributed by atoms with van der Waals surface area (Å²) in [6.07, 6.45) is 0.734. The summed E-state index contributed by atoms with van der Waals surface area (Å²) in [5.74, 6) is 0.626. The maximum atomic E-state index is 13.6. The number of benzene rings is 1. The summed E-state index contributed by atoms with van der Waals surface area (Å²) in [4.78, 5) is 0. The third-order valence-corrected chi connectivity index (χ3v) is 9.59. The fourth-order valence-corrected chi connectivity index (χ4v) is 8.04. The molecular formula is C18H33NO7P2. The van der Waals surface area contributed by atoms with Gasteiger partial charge in [0, 0.05) is 0 Å². The van der Waals surface area contributed by atoms with Crippen LogP contribution in [0, 0.1) is 0 Å². The molecule has 162 valence electrons. The van der Waals surface area contributed by atoms with Crippen LogP contribution in [0.5, 0.6) is 5.75 Å². The van der Waals surface area contributed by atoms with Crippen LogP contribution in [0.4, 0.5) is 0 Å². The zero-order valence-electron chi connectivity index (χ0n) is 17.2. The van der Waals surface area contributed by atoms with Crippen molar-refractivity contribution in [3.63, 3.8) is 0 Å². The molecule has 0 bridgehead atoms. The van der Waals surface area contributed by atoms with E-state index in [2.05, 4.69) is 0 Å². The average molecular weight is 437 g/mol. The molecule has 0 aliphatic carbocycles. The van der Waals surface area contributed by atoms with Crippen LogP contribution in [0.25, 0.3) is 0 Å². The summed E-state index contributed by atoms with van der Waals surface area (Å²) in [7, 11) is -7.69. The summed E-state index contributed by atoms with van der Waals surface area (Å²) >= 11 is 0. The maximum absolute atomic E-state index is 13.6. The minimum atomic E-state index is -3.84. The molecule has 1 rings (SSSR count). The van der Waals surface area contributed by atoms with Crippen molar-refractivity contribution in [3.8, 4) is 5.75 Å². The van der Waals surface area contributed by atoms with E-state index in [9.17, 15) is 9.13 Å². The molecule has 1 aromatic carbocycles. The number of ether oxygens (including phenoxy) is 1. The second kappa shape index (κ2) is 12.8. The Balaban J connectivity index is 3.37. The Labute approximate surface area is 168 Å². The first-order chi connectivity index (χ1) is 13.4. The Morgan fingerprint density at radius 1 is 0.821 bits per heavy atom. The van der Waals surface area contributed by atoms with E-state index in [1.807, 2.05) is 0 Å². The van der Waals surface area contributed by atoms with Gasteiger partial charge in [-0.05, 0) is 58.4 Å². The highest BCUT2D eigenvalue weighted by Gasteiger charge is 2.51. The Bertz CT molecular complexity index is 604. The molecule has 0 saturated heterocycles. The van der Waals surface area contributed by atoms with Crippen molar-refractivity contribution in [2.45, 2.75) is 39.5 Å². The van der Waals surface area contributed by atoms with Gasteiger partial charge in [0.1, 0.15) is 5.75 Å². The van der Waals surface area contributed by atoms with Crippen LogP contribution in [-0.4, -0.2) is 39.6 Å². The first-order valence-corrected chi connectivity index (χ1v) is 12.8. The highest BCUT2D eigenvalue weighted by Crippen LogP contribution is 2.78. The van der Waals surface area contributed by atoms with Gasteiger partial charge in [0.15, 0.2) is 5.40 Å². The lowest BCUT2D eigenvalue weighted by Gasteiger charge is -2.31. The SMILES string of the molecule is CCOP(=O)(OCC)C(c1ccc(OCCCN)cc1)P(=O)(OCC)OCC. The van der Waals surface area contributed by atoms with Crippen molar-refractivity contribution in [3.05, 3.63) is 29.8 Å². The van der Waals surface area contributed by atoms with Crippen molar-refractivity contribution >= 4 is 15.2 Å². The molecule has 0 atom stereocenters. The van der Waals surface area contributed by atoms with Crippen LogP contribution in [0.15, 0.2) is 24.3 Å². The molecule has 0 heterocycles. The zero-order valence-corrected chi connectivity index (χ0v) is 19.0. The normalized spacial score (nSPS) is 12.5. The summed E-state index contributed by atoms with van der Waals surface area (Å²) in [6.45, 7) is 8.35. The van der Waals surface area contributed by atoms with E-state index in [0.717, 1.165) is 6.42 Å². The van der Waals surface area contributed by atoms with Crippen molar-refractivity contribution in [2.24, 2.45) is 5.73 Å². The fraction of sp³-hybridized carbons (Fsp3) is 0.667. The van der Waals surface area contributed by atoms with Crippen LogP contribution in [0.1, 0.15) is 45.1 Å². The molecule has 0 saturated carbocycles. The Kier molecular flexibility index (Phi) is 11.5. The summed E-state index contributed by atoms with van der Waals surface area (Å²) in [5.41, 5.74) is 5.94. The third-order valence-electron chi connectivity index (χ3n) is 3.63. The van der Waals surface area contributed by atoms with Gasteiger partial charge in [0.25, 0.3) is 0 Å². The lowest BCUT2D eigenvalue weighted by atomic mass is 10.2. The van der Waals surface area contributed by atoms with E-state index in [-0.39, 0.29) is 26.4 Å². The lowest BCUT2D eigenvalue weighted by Crippen LogP contribution is -2.12. The highest BCUT2D eigenvalue weighted by molar-refractivity contribution is 7.72. The van der Waals surface area contributed by atoms with E-state index in [0.29, 0.717) is 24.5 Å². The first kappa shape index (κ1) is 25.3. The molecule has 0 aromatic heterocycles. The first-order valence-electron chi connectivity index (χ1n) is 9.61. The van der Waals surface area contributed by atoms with Gasteiger partial charge in [-0.25, -0.2) is 0 Å². The molecule has 28 heavy (non-hydrogen) atoms. The van der Waals surface area contributed by atoms with Crippen LogP contribution in [0.2, 0.25) is 0 Å². The Morgan fingerprint density at radius 2 is 1.25 bits per heavy atom. The summed E-state index contributed by atoms with van der Waals surface area (Å²) in [5, 5.41) is -1.20. The molecule has 0 fully saturated rings. The van der Waals surface area contributed by atoms with Gasteiger partial charge in [-0.15, -0.1) is 0 Å². The van der Waals surface area contributed by atoms with Gasteiger partial charge in [-0.3, -0.25) is 9.13 Å². The zero-order chi connectivity index (χ0) is 21.0. The molecule has 0 spiro atoms. The number of nitrogens with two attached hydrogens (primary N) is 1. The Hall–Kier alpha value is -0.720. The van der Waals surface area contributed by atoms with Gasteiger partial charge in [0.2, 0.25) is 0 Å². The predicted octanol–water partition coefficient (Wildman–Crippen LogP) is 4.95. The van der Waals surface area contributed by atoms with Crippen LogP contribution >= 0.6 is 15.2 Å². The van der Waals surface area contributed by atoms with Crippen molar-refractivity contribution in [2.75, 3.05) is 39.6 Å². The second-order valence-electron chi connectivity index (χ2n) is 5.68. The van der Waals surface area contributed by atoms with Crippen LogP contribution in [-0.2, 0) is 27.2 Å². The molecular weight excluding hydrogens is 404 g/mol. The highest BCUT2D eigenvalue weighted by atomic mass is 31.2. The molecule has 8 nitrogen and oxygen atoms in total.